The van der Waals surface area contributed by atoms with Crippen LogP contribution in [0, 0.1) is 32.8 Å². The summed E-state index contributed by atoms with van der Waals surface area (Å²) in [7, 11) is 0. The van der Waals surface area contributed by atoms with Gasteiger partial charge in [0.2, 0.25) is 0 Å². The molecule has 0 spiro atoms. The second-order valence-electron chi connectivity index (χ2n) is 8.60. The fourth-order valence-electron chi connectivity index (χ4n) is 5.10. The van der Waals surface area contributed by atoms with E-state index in [1.54, 1.807) is 6.07 Å². The van der Waals surface area contributed by atoms with Crippen LogP contribution in [0.2, 0.25) is 0 Å². The number of nitro benzene ring substituents is 1. The molecule has 0 unspecified atom stereocenters. The number of nitriles is 1. The lowest BCUT2D eigenvalue weighted by Gasteiger charge is -2.46. The van der Waals surface area contributed by atoms with Gasteiger partial charge in [0.1, 0.15) is 5.69 Å². The van der Waals surface area contributed by atoms with E-state index in [0.717, 1.165) is 45.1 Å². The van der Waals surface area contributed by atoms with Crippen LogP contribution in [0.4, 0.5) is 11.4 Å². The fraction of sp³-hybridized carbons (Fsp3) is 0.682. The lowest BCUT2D eigenvalue weighted by atomic mass is 9.62. The number of hydrogen-bond donors (Lipinski definition) is 1. The highest BCUT2D eigenvalue weighted by molar-refractivity contribution is 5.64. The summed E-state index contributed by atoms with van der Waals surface area (Å²) in [4.78, 5) is 10.9. The van der Waals surface area contributed by atoms with Gasteiger partial charge in [-0.25, -0.2) is 0 Å². The summed E-state index contributed by atoms with van der Waals surface area (Å²) < 4.78 is 5.81. The first-order valence-electron chi connectivity index (χ1n) is 10.5. The van der Waals surface area contributed by atoms with Crippen molar-refractivity contribution < 1.29 is 9.66 Å². The number of anilines is 1. The van der Waals surface area contributed by atoms with Crippen molar-refractivity contribution in [2.75, 3.05) is 11.9 Å². The van der Waals surface area contributed by atoms with Crippen LogP contribution in [0.5, 0.6) is 0 Å². The van der Waals surface area contributed by atoms with E-state index in [1.807, 2.05) is 0 Å². The van der Waals surface area contributed by atoms with Crippen LogP contribution in [0.1, 0.15) is 70.8 Å². The minimum Gasteiger partial charge on any atom is -0.379 e. The predicted molar refractivity (Wildman–Crippen MR) is 109 cm³/mol. The average Bonchev–Trinajstić information content (AvgIpc) is 2.70. The van der Waals surface area contributed by atoms with Gasteiger partial charge in [-0.3, -0.25) is 10.1 Å². The van der Waals surface area contributed by atoms with Gasteiger partial charge in [-0.2, -0.15) is 5.26 Å². The summed E-state index contributed by atoms with van der Waals surface area (Å²) in [5.41, 5.74) is 1.35. The van der Waals surface area contributed by atoms with Crippen molar-refractivity contribution in [1.82, 2.24) is 0 Å². The third-order valence-corrected chi connectivity index (χ3v) is 6.87. The predicted octanol–water partition coefficient (Wildman–Crippen LogP) is 5.42. The molecule has 0 amide bonds. The maximum atomic E-state index is 11.3. The Hall–Kier alpha value is -2.13. The summed E-state index contributed by atoms with van der Waals surface area (Å²) in [5, 5.41) is 23.8. The molecule has 2 aliphatic rings. The fourth-order valence-corrected chi connectivity index (χ4v) is 5.10. The molecule has 28 heavy (non-hydrogen) atoms. The molecule has 1 aromatic rings. The molecule has 6 heteroatoms. The molecule has 2 saturated carbocycles. The molecule has 6 nitrogen and oxygen atoms in total. The van der Waals surface area contributed by atoms with Gasteiger partial charge in [-0.1, -0.05) is 6.92 Å². The molecule has 0 atom stereocenters. The van der Waals surface area contributed by atoms with E-state index in [0.29, 0.717) is 28.7 Å². The summed E-state index contributed by atoms with van der Waals surface area (Å²) in [6.45, 7) is 5.31. The maximum absolute atomic E-state index is 11.3. The van der Waals surface area contributed by atoms with Crippen molar-refractivity contribution in [1.29, 1.82) is 5.26 Å². The van der Waals surface area contributed by atoms with Gasteiger partial charge in [0.05, 0.1) is 22.7 Å². The van der Waals surface area contributed by atoms with Crippen molar-refractivity contribution in [3.8, 4) is 6.07 Å². The van der Waals surface area contributed by atoms with Gasteiger partial charge < -0.3 is 10.1 Å². The zero-order valence-corrected chi connectivity index (χ0v) is 16.9. The van der Waals surface area contributed by atoms with E-state index in [-0.39, 0.29) is 16.7 Å². The molecular formula is C22H31N3O3. The summed E-state index contributed by atoms with van der Waals surface area (Å²) in [5.74, 6) is 0.716. The summed E-state index contributed by atoms with van der Waals surface area (Å²) in [6, 6.07) is 6.81. The number of nitrogens with one attached hydrogen (secondary N) is 1. The van der Waals surface area contributed by atoms with E-state index in [4.69, 9.17) is 10.00 Å². The van der Waals surface area contributed by atoms with Gasteiger partial charge >= 0.3 is 0 Å². The highest BCUT2D eigenvalue weighted by Crippen LogP contribution is 2.48. The maximum Gasteiger partial charge on any atom is 0.292 e. The Morgan fingerprint density at radius 3 is 2.50 bits per heavy atom. The minimum atomic E-state index is -0.382. The summed E-state index contributed by atoms with van der Waals surface area (Å²) in [6.07, 6.45) is 9.56. The molecule has 152 valence electrons. The topological polar surface area (TPSA) is 88.2 Å². The molecule has 0 saturated heterocycles. The molecule has 0 heterocycles. The Labute approximate surface area is 167 Å². The lowest BCUT2D eigenvalue weighted by Crippen LogP contribution is -2.38. The van der Waals surface area contributed by atoms with E-state index >= 15 is 0 Å². The standard InChI is InChI=1S/C22H31N3O3/c1-3-28-19-10-12-22(2,13-11-19)17-5-7-18(8-6-17)24-20-14-16(15-23)4-9-21(20)25(26)27/h4,9,14,17-19,24H,3,5-8,10-13H2,1-2H3. The van der Waals surface area contributed by atoms with E-state index < -0.39 is 0 Å². The van der Waals surface area contributed by atoms with Crippen molar-refractivity contribution in [3.63, 3.8) is 0 Å². The number of nitrogens with zero attached hydrogens (tertiary/aromatic N) is 2. The third-order valence-electron chi connectivity index (χ3n) is 6.87. The van der Waals surface area contributed by atoms with E-state index in [2.05, 4.69) is 25.2 Å². The molecular weight excluding hydrogens is 354 g/mol. The quantitative estimate of drug-likeness (QED) is 0.521. The van der Waals surface area contributed by atoms with Crippen LogP contribution in [0.15, 0.2) is 18.2 Å². The molecule has 2 aliphatic carbocycles. The molecule has 3 rings (SSSR count). The molecule has 2 fully saturated rings. The van der Waals surface area contributed by atoms with Crippen molar-refractivity contribution in [2.45, 2.75) is 77.4 Å². The van der Waals surface area contributed by atoms with Gasteiger partial charge in [0.25, 0.3) is 5.69 Å². The lowest BCUT2D eigenvalue weighted by molar-refractivity contribution is -0.384. The first-order chi connectivity index (χ1) is 13.4. The average molecular weight is 386 g/mol. The number of ether oxygens (including phenoxy) is 1. The van der Waals surface area contributed by atoms with Crippen LogP contribution in [-0.4, -0.2) is 23.7 Å². The van der Waals surface area contributed by atoms with Gasteiger partial charge in [-0.15, -0.1) is 0 Å². The SMILES string of the molecule is CCOC1CCC(C)(C2CCC(Nc3cc(C#N)ccc3[N+](=O)[O-])CC2)CC1. The number of hydrogen-bond acceptors (Lipinski definition) is 5. The second kappa shape index (κ2) is 8.91. The van der Waals surface area contributed by atoms with Gasteiger partial charge in [0.15, 0.2) is 0 Å². The number of rotatable bonds is 6. The van der Waals surface area contributed by atoms with Crippen molar-refractivity contribution in [3.05, 3.63) is 33.9 Å². The van der Waals surface area contributed by atoms with Crippen LogP contribution in [0.25, 0.3) is 0 Å². The Kier molecular flexibility index (Phi) is 6.56. The largest absolute Gasteiger partial charge is 0.379 e. The smallest absolute Gasteiger partial charge is 0.292 e. The highest BCUT2D eigenvalue weighted by atomic mass is 16.6. The third kappa shape index (κ3) is 4.64. The summed E-state index contributed by atoms with van der Waals surface area (Å²) >= 11 is 0. The monoisotopic (exact) mass is 385 g/mol. The second-order valence-corrected chi connectivity index (χ2v) is 8.60. The van der Waals surface area contributed by atoms with Crippen molar-refractivity contribution in [2.24, 2.45) is 11.3 Å². The first kappa shape index (κ1) is 20.6. The Morgan fingerprint density at radius 2 is 1.93 bits per heavy atom. The van der Waals surface area contributed by atoms with E-state index in [1.165, 1.54) is 25.0 Å². The van der Waals surface area contributed by atoms with Crippen LogP contribution >= 0.6 is 0 Å². The van der Waals surface area contributed by atoms with Gasteiger partial charge in [-0.05, 0) is 81.8 Å². The first-order valence-corrected chi connectivity index (χ1v) is 10.5. The number of nitro groups is 1. The normalized spacial score (nSPS) is 30.4. The van der Waals surface area contributed by atoms with E-state index in [9.17, 15) is 10.1 Å². The Morgan fingerprint density at radius 1 is 1.25 bits per heavy atom. The Balaban J connectivity index is 1.58. The zero-order valence-electron chi connectivity index (χ0n) is 16.9. The zero-order chi connectivity index (χ0) is 20.1. The van der Waals surface area contributed by atoms with Crippen LogP contribution < -0.4 is 5.32 Å². The van der Waals surface area contributed by atoms with Crippen molar-refractivity contribution >= 4 is 11.4 Å². The molecule has 0 aliphatic heterocycles. The molecule has 0 bridgehead atoms. The Bertz CT molecular complexity index is 727. The minimum absolute atomic E-state index is 0.0438. The van der Waals surface area contributed by atoms with Crippen LogP contribution in [-0.2, 0) is 4.74 Å². The molecule has 0 aromatic heterocycles. The highest BCUT2D eigenvalue weighted by Gasteiger charge is 2.39. The van der Waals surface area contributed by atoms with Gasteiger partial charge in [0, 0.05) is 18.7 Å². The molecule has 1 aromatic carbocycles. The molecule has 1 N–H and O–H groups in total. The number of benzene rings is 1. The molecule has 0 radical (unpaired) electrons. The van der Waals surface area contributed by atoms with Crippen LogP contribution in [0.3, 0.4) is 0 Å².